The fraction of sp³-hybridized carbons (Fsp3) is 0.381. The Labute approximate surface area is 181 Å². The van der Waals surface area contributed by atoms with Crippen molar-refractivity contribution in [2.75, 3.05) is 25.4 Å². The molecule has 5 nitrogen and oxygen atoms in total. The van der Waals surface area contributed by atoms with Gasteiger partial charge in [-0.05, 0) is 36.6 Å². The fourth-order valence-corrected chi connectivity index (χ4v) is 5.99. The largest absolute Gasteiger partial charge is 0.355 e. The average Bonchev–Trinajstić information content (AvgIpc) is 2.75. The van der Waals surface area contributed by atoms with E-state index in [2.05, 4.69) is 5.32 Å². The van der Waals surface area contributed by atoms with Crippen molar-refractivity contribution >= 4 is 39.3 Å². The molecule has 8 heteroatoms. The van der Waals surface area contributed by atoms with Crippen molar-refractivity contribution in [3.63, 3.8) is 0 Å². The molecule has 1 unspecified atom stereocenters. The Kier molecular flexibility index (Phi) is 8.00. The molecule has 2 aromatic rings. The van der Waals surface area contributed by atoms with E-state index in [0.29, 0.717) is 25.9 Å². The van der Waals surface area contributed by atoms with Crippen molar-refractivity contribution in [2.24, 2.45) is 5.92 Å². The number of thioether (sulfide) groups is 1. The lowest BCUT2D eigenvalue weighted by atomic mass is 9.99. The predicted molar refractivity (Wildman–Crippen MR) is 119 cm³/mol. The number of benzene rings is 2. The molecule has 0 aliphatic carbocycles. The molecular formula is C21H25ClN2O3S2. The molecule has 29 heavy (non-hydrogen) atoms. The second-order valence-corrected chi connectivity index (χ2v) is 10.4. The molecule has 3 rings (SSSR count). The van der Waals surface area contributed by atoms with Crippen molar-refractivity contribution < 1.29 is 13.2 Å². The van der Waals surface area contributed by atoms with E-state index in [1.54, 1.807) is 42.1 Å². The number of amides is 1. The van der Waals surface area contributed by atoms with Crippen molar-refractivity contribution in [3.05, 3.63) is 65.2 Å². The van der Waals surface area contributed by atoms with Gasteiger partial charge in [0.25, 0.3) is 0 Å². The molecule has 1 aliphatic rings. The first-order valence-corrected chi connectivity index (χ1v) is 12.6. The molecule has 2 aromatic carbocycles. The first kappa shape index (κ1) is 22.2. The van der Waals surface area contributed by atoms with Gasteiger partial charge in [-0.1, -0.05) is 48.0 Å². The van der Waals surface area contributed by atoms with Crippen LogP contribution in [0.3, 0.4) is 0 Å². The lowest BCUT2D eigenvalue weighted by molar-refractivity contribution is -0.125. The third-order valence-corrected chi connectivity index (χ3v) is 8.15. The number of hydrogen-bond acceptors (Lipinski definition) is 4. The molecule has 1 aliphatic heterocycles. The molecule has 156 valence electrons. The first-order chi connectivity index (χ1) is 14.0. The monoisotopic (exact) mass is 452 g/mol. The minimum absolute atomic E-state index is 0.0729. The maximum absolute atomic E-state index is 12.8. The number of nitrogens with one attached hydrogen (secondary N) is 1. The molecule has 1 atom stereocenters. The lowest BCUT2D eigenvalue weighted by Crippen LogP contribution is -2.45. The van der Waals surface area contributed by atoms with Crippen LogP contribution in [0.1, 0.15) is 18.4 Å². The number of hydrogen-bond donors (Lipinski definition) is 1. The van der Waals surface area contributed by atoms with E-state index in [0.717, 1.165) is 22.1 Å². The fourth-order valence-electron chi connectivity index (χ4n) is 3.30. The van der Waals surface area contributed by atoms with Crippen molar-refractivity contribution in [1.82, 2.24) is 9.62 Å². The van der Waals surface area contributed by atoms with Gasteiger partial charge in [-0.3, -0.25) is 4.79 Å². The highest BCUT2D eigenvalue weighted by Crippen LogP contribution is 2.24. The Morgan fingerprint density at radius 3 is 2.62 bits per heavy atom. The van der Waals surface area contributed by atoms with Crippen LogP contribution < -0.4 is 5.32 Å². The first-order valence-electron chi connectivity index (χ1n) is 9.62. The van der Waals surface area contributed by atoms with Gasteiger partial charge in [-0.25, -0.2) is 8.42 Å². The summed E-state index contributed by atoms with van der Waals surface area (Å²) in [5, 5.41) is 3.71. The number of piperidine rings is 1. The molecule has 0 saturated carbocycles. The zero-order chi connectivity index (χ0) is 20.7. The number of halogens is 1. The van der Waals surface area contributed by atoms with Crippen LogP contribution in [0.25, 0.3) is 0 Å². The summed E-state index contributed by atoms with van der Waals surface area (Å²) < 4.78 is 27.0. The van der Waals surface area contributed by atoms with E-state index in [4.69, 9.17) is 11.6 Å². The minimum Gasteiger partial charge on any atom is -0.355 e. The van der Waals surface area contributed by atoms with Crippen LogP contribution in [0.15, 0.2) is 59.5 Å². The molecule has 0 bridgehead atoms. The molecule has 1 N–H and O–H groups in total. The molecule has 1 heterocycles. The van der Waals surface area contributed by atoms with Crippen LogP contribution in [-0.4, -0.2) is 44.0 Å². The summed E-state index contributed by atoms with van der Waals surface area (Å²) in [6.45, 7) is 1.24. The Morgan fingerprint density at radius 1 is 1.14 bits per heavy atom. The molecule has 0 aromatic heterocycles. The normalized spacial score (nSPS) is 17.8. The van der Waals surface area contributed by atoms with Gasteiger partial charge in [0.05, 0.1) is 10.8 Å². The van der Waals surface area contributed by atoms with Gasteiger partial charge in [0.15, 0.2) is 0 Å². The van der Waals surface area contributed by atoms with Crippen LogP contribution in [0, 0.1) is 5.92 Å². The van der Waals surface area contributed by atoms with Gasteiger partial charge in [0.1, 0.15) is 0 Å². The van der Waals surface area contributed by atoms with E-state index in [-0.39, 0.29) is 23.3 Å². The molecule has 1 saturated heterocycles. The maximum Gasteiger partial charge on any atom is 0.243 e. The molecule has 1 fully saturated rings. The van der Waals surface area contributed by atoms with Crippen molar-refractivity contribution in [3.8, 4) is 0 Å². The molecule has 1 amide bonds. The van der Waals surface area contributed by atoms with Crippen LogP contribution in [0.4, 0.5) is 0 Å². The van der Waals surface area contributed by atoms with E-state index >= 15 is 0 Å². The van der Waals surface area contributed by atoms with E-state index in [1.165, 1.54) is 4.31 Å². The SMILES string of the molecule is O=C(NCCSCc1ccccc1Cl)C1CCCN(S(=O)(=O)c2ccccc2)C1. The highest BCUT2D eigenvalue weighted by atomic mass is 35.5. The topological polar surface area (TPSA) is 66.5 Å². The van der Waals surface area contributed by atoms with E-state index < -0.39 is 10.0 Å². The highest BCUT2D eigenvalue weighted by molar-refractivity contribution is 7.98. The van der Waals surface area contributed by atoms with Gasteiger partial charge in [-0.15, -0.1) is 0 Å². The van der Waals surface area contributed by atoms with Crippen LogP contribution in [0.5, 0.6) is 0 Å². The Hall–Kier alpha value is -1.54. The lowest BCUT2D eigenvalue weighted by Gasteiger charge is -2.31. The number of nitrogens with zero attached hydrogens (tertiary/aromatic N) is 1. The molecular weight excluding hydrogens is 428 g/mol. The van der Waals surface area contributed by atoms with Crippen LogP contribution in [0.2, 0.25) is 5.02 Å². The quantitative estimate of drug-likeness (QED) is 0.619. The van der Waals surface area contributed by atoms with Gasteiger partial charge in [0, 0.05) is 36.2 Å². The van der Waals surface area contributed by atoms with E-state index in [1.807, 2.05) is 24.3 Å². The number of carbonyl (C=O) groups excluding carboxylic acids is 1. The number of rotatable bonds is 8. The second kappa shape index (κ2) is 10.5. The third-order valence-electron chi connectivity index (χ3n) is 4.90. The van der Waals surface area contributed by atoms with E-state index in [9.17, 15) is 13.2 Å². The molecule has 0 radical (unpaired) electrons. The van der Waals surface area contributed by atoms with Crippen LogP contribution in [-0.2, 0) is 20.6 Å². The standard InChI is InChI=1S/C21H25ClN2O3S2/c22-20-11-5-4-7-18(20)16-28-14-12-23-21(25)17-8-6-13-24(15-17)29(26,27)19-9-2-1-3-10-19/h1-5,7,9-11,17H,6,8,12-16H2,(H,23,25). The zero-order valence-corrected chi connectivity index (χ0v) is 18.5. The summed E-state index contributed by atoms with van der Waals surface area (Å²) >= 11 is 7.85. The van der Waals surface area contributed by atoms with Gasteiger partial charge < -0.3 is 5.32 Å². The van der Waals surface area contributed by atoms with Crippen molar-refractivity contribution in [1.29, 1.82) is 0 Å². The van der Waals surface area contributed by atoms with Gasteiger partial charge in [-0.2, -0.15) is 16.1 Å². The number of sulfonamides is 1. The second-order valence-electron chi connectivity index (χ2n) is 6.95. The summed E-state index contributed by atoms with van der Waals surface area (Å²) in [6.07, 6.45) is 1.39. The summed E-state index contributed by atoms with van der Waals surface area (Å²) in [4.78, 5) is 12.8. The average molecular weight is 453 g/mol. The minimum atomic E-state index is -3.56. The zero-order valence-electron chi connectivity index (χ0n) is 16.1. The third kappa shape index (κ3) is 5.98. The number of carbonyl (C=O) groups is 1. The Balaban J connectivity index is 1.45. The summed E-state index contributed by atoms with van der Waals surface area (Å²) in [5.74, 6) is 1.18. The molecule has 0 spiro atoms. The smallest absolute Gasteiger partial charge is 0.243 e. The van der Waals surface area contributed by atoms with Crippen LogP contribution >= 0.6 is 23.4 Å². The predicted octanol–water partition coefficient (Wildman–Crippen LogP) is 3.79. The van der Waals surface area contributed by atoms with Gasteiger partial charge in [0.2, 0.25) is 15.9 Å². The maximum atomic E-state index is 12.8. The Bertz CT molecular complexity index is 923. The Morgan fingerprint density at radius 2 is 1.86 bits per heavy atom. The summed E-state index contributed by atoms with van der Waals surface area (Å²) in [7, 11) is -3.56. The van der Waals surface area contributed by atoms with Gasteiger partial charge >= 0.3 is 0 Å². The highest BCUT2D eigenvalue weighted by Gasteiger charge is 2.33. The van der Waals surface area contributed by atoms with Crippen molar-refractivity contribution in [2.45, 2.75) is 23.5 Å². The summed E-state index contributed by atoms with van der Waals surface area (Å²) in [5.41, 5.74) is 1.08. The summed E-state index contributed by atoms with van der Waals surface area (Å²) in [6, 6.07) is 16.1.